The Bertz CT molecular complexity index is 641. The van der Waals surface area contributed by atoms with E-state index >= 15 is 0 Å². The van der Waals surface area contributed by atoms with Crippen LogP contribution >= 0.6 is 0 Å². The van der Waals surface area contributed by atoms with Crippen LogP contribution in [0.2, 0.25) is 0 Å². The van der Waals surface area contributed by atoms with E-state index in [1.807, 2.05) is 0 Å². The van der Waals surface area contributed by atoms with Crippen molar-refractivity contribution in [3.8, 4) is 0 Å². The van der Waals surface area contributed by atoms with Crippen molar-refractivity contribution in [3.63, 3.8) is 0 Å². The number of nitrogens with zero attached hydrogens (tertiary/aromatic N) is 2. The van der Waals surface area contributed by atoms with Crippen LogP contribution in [0.4, 0.5) is 0 Å². The third-order valence-electron chi connectivity index (χ3n) is 4.25. The van der Waals surface area contributed by atoms with E-state index in [-0.39, 0.29) is 5.60 Å². The number of fused-ring (bicyclic) bond motifs is 1. The average molecular weight is 301 g/mol. The lowest BCUT2D eigenvalue weighted by Gasteiger charge is -2.36. The summed E-state index contributed by atoms with van der Waals surface area (Å²) in [6.07, 6.45) is 3.64. The van der Waals surface area contributed by atoms with Crippen LogP contribution in [-0.2, 0) is 4.74 Å². The zero-order valence-corrected chi connectivity index (χ0v) is 14.1. The van der Waals surface area contributed by atoms with E-state index in [9.17, 15) is 0 Å². The van der Waals surface area contributed by atoms with Gasteiger partial charge in [-0.25, -0.2) is 4.98 Å². The summed E-state index contributed by atoms with van der Waals surface area (Å²) < 4.78 is 6.00. The van der Waals surface area contributed by atoms with E-state index in [0.29, 0.717) is 12.8 Å². The lowest BCUT2D eigenvalue weighted by Crippen LogP contribution is -2.38. The Labute approximate surface area is 132 Å². The molecule has 1 unspecified atom stereocenters. The number of piperidine rings is 1. The molecule has 1 fully saturated rings. The minimum atomic E-state index is -0.104. The van der Waals surface area contributed by atoms with Gasteiger partial charge in [-0.2, -0.15) is 0 Å². The predicted octanol–water partition coefficient (Wildman–Crippen LogP) is 4.17. The molecule has 2 aromatic rings. The summed E-state index contributed by atoms with van der Waals surface area (Å²) >= 11 is 0. The first-order valence-electron chi connectivity index (χ1n) is 8.27. The van der Waals surface area contributed by atoms with Gasteiger partial charge in [0.15, 0.2) is 0 Å². The molecule has 1 N–H and O–H groups in total. The lowest BCUT2D eigenvalue weighted by atomic mass is 10.0. The van der Waals surface area contributed by atoms with Gasteiger partial charge in [0, 0.05) is 6.54 Å². The molecule has 1 aliphatic rings. The molecule has 22 heavy (non-hydrogen) atoms. The van der Waals surface area contributed by atoms with Crippen LogP contribution in [0.5, 0.6) is 0 Å². The summed E-state index contributed by atoms with van der Waals surface area (Å²) in [4.78, 5) is 10.8. The molecule has 3 rings (SSSR count). The molecule has 4 nitrogen and oxygen atoms in total. The second-order valence-corrected chi connectivity index (χ2v) is 7.35. The monoisotopic (exact) mass is 301 g/mol. The Morgan fingerprint density at radius 1 is 1.32 bits per heavy atom. The van der Waals surface area contributed by atoms with Gasteiger partial charge in [-0.15, -0.1) is 0 Å². The largest absolute Gasteiger partial charge is 0.360 e. The van der Waals surface area contributed by atoms with Crippen LogP contribution in [0.1, 0.15) is 57.5 Å². The van der Waals surface area contributed by atoms with Crippen molar-refractivity contribution in [2.24, 2.45) is 0 Å². The highest BCUT2D eigenvalue weighted by molar-refractivity contribution is 5.75. The molecule has 0 radical (unpaired) electrons. The van der Waals surface area contributed by atoms with Gasteiger partial charge >= 0.3 is 0 Å². The standard InChI is InChI=1S/C18H27N3O/c1-13-8-9-14-15(11-13)20-17(19-14)16-7-5-6-10-21(16)12-22-18(2,3)4/h8-9,11,16H,5-7,10,12H2,1-4H3,(H,19,20). The third-order valence-corrected chi connectivity index (χ3v) is 4.25. The van der Waals surface area contributed by atoms with Crippen molar-refractivity contribution < 1.29 is 4.74 Å². The number of hydrogen-bond acceptors (Lipinski definition) is 3. The summed E-state index contributed by atoms with van der Waals surface area (Å²) in [7, 11) is 0. The van der Waals surface area contributed by atoms with Crippen molar-refractivity contribution in [1.29, 1.82) is 0 Å². The zero-order valence-electron chi connectivity index (χ0n) is 14.1. The summed E-state index contributed by atoms with van der Waals surface area (Å²) in [6.45, 7) is 10.2. The molecule has 0 amide bonds. The van der Waals surface area contributed by atoms with E-state index < -0.39 is 0 Å². The van der Waals surface area contributed by atoms with Gasteiger partial charge in [-0.1, -0.05) is 12.5 Å². The van der Waals surface area contributed by atoms with Crippen LogP contribution in [-0.4, -0.2) is 33.7 Å². The first kappa shape index (κ1) is 15.5. The number of likely N-dealkylation sites (tertiary alicyclic amines) is 1. The molecule has 1 aromatic carbocycles. The number of rotatable bonds is 3. The smallest absolute Gasteiger partial charge is 0.124 e. The molecule has 2 heterocycles. The fourth-order valence-electron chi connectivity index (χ4n) is 3.03. The number of nitrogens with one attached hydrogen (secondary N) is 1. The quantitative estimate of drug-likeness (QED) is 0.925. The van der Waals surface area contributed by atoms with Gasteiger partial charge in [0.2, 0.25) is 0 Å². The molecule has 0 aliphatic carbocycles. The molecule has 0 saturated carbocycles. The van der Waals surface area contributed by atoms with Crippen LogP contribution in [0.25, 0.3) is 11.0 Å². The van der Waals surface area contributed by atoms with Crippen LogP contribution < -0.4 is 0 Å². The molecular weight excluding hydrogens is 274 g/mol. The second-order valence-electron chi connectivity index (χ2n) is 7.35. The van der Waals surface area contributed by atoms with Crippen molar-refractivity contribution in [3.05, 3.63) is 29.6 Å². The molecule has 1 aliphatic heterocycles. The minimum absolute atomic E-state index is 0.104. The topological polar surface area (TPSA) is 41.2 Å². The van der Waals surface area contributed by atoms with E-state index in [1.54, 1.807) is 0 Å². The van der Waals surface area contributed by atoms with Crippen molar-refractivity contribution in [2.45, 2.75) is 58.6 Å². The average Bonchev–Trinajstić information content (AvgIpc) is 2.87. The molecule has 0 spiro atoms. The molecular formula is C18H27N3O. The number of ether oxygens (including phenoxy) is 1. The highest BCUT2D eigenvalue weighted by atomic mass is 16.5. The van der Waals surface area contributed by atoms with Crippen molar-refractivity contribution >= 4 is 11.0 Å². The van der Waals surface area contributed by atoms with E-state index in [4.69, 9.17) is 9.72 Å². The van der Waals surface area contributed by atoms with Gasteiger partial charge in [-0.3, -0.25) is 4.90 Å². The number of aryl methyl sites for hydroxylation is 1. The first-order valence-corrected chi connectivity index (χ1v) is 8.27. The van der Waals surface area contributed by atoms with Crippen molar-refractivity contribution in [2.75, 3.05) is 13.3 Å². The Hall–Kier alpha value is -1.39. The number of aromatic amines is 1. The van der Waals surface area contributed by atoms with Gasteiger partial charge in [0.1, 0.15) is 12.6 Å². The summed E-state index contributed by atoms with van der Waals surface area (Å²) in [5, 5.41) is 0. The normalized spacial score (nSPS) is 20.6. The number of benzene rings is 1. The van der Waals surface area contributed by atoms with Gasteiger partial charge in [0.05, 0.1) is 22.7 Å². The van der Waals surface area contributed by atoms with Crippen molar-refractivity contribution in [1.82, 2.24) is 14.9 Å². The number of aromatic nitrogens is 2. The summed E-state index contributed by atoms with van der Waals surface area (Å²) in [6, 6.07) is 6.73. The van der Waals surface area contributed by atoms with Crippen LogP contribution in [0.15, 0.2) is 18.2 Å². The molecule has 1 atom stereocenters. The molecule has 120 valence electrons. The molecule has 4 heteroatoms. The Kier molecular flexibility index (Phi) is 4.24. The fourth-order valence-corrected chi connectivity index (χ4v) is 3.03. The maximum Gasteiger partial charge on any atom is 0.124 e. The third kappa shape index (κ3) is 3.50. The Morgan fingerprint density at radius 2 is 2.14 bits per heavy atom. The second kappa shape index (κ2) is 6.01. The van der Waals surface area contributed by atoms with Gasteiger partial charge in [0.25, 0.3) is 0 Å². The zero-order chi connectivity index (χ0) is 15.7. The highest BCUT2D eigenvalue weighted by Gasteiger charge is 2.27. The number of hydrogen-bond donors (Lipinski definition) is 1. The van der Waals surface area contributed by atoms with Gasteiger partial charge in [-0.05, 0) is 58.2 Å². The lowest BCUT2D eigenvalue weighted by molar-refractivity contribution is -0.0847. The first-order chi connectivity index (χ1) is 10.4. The Morgan fingerprint density at radius 3 is 2.91 bits per heavy atom. The van der Waals surface area contributed by atoms with Crippen LogP contribution in [0.3, 0.4) is 0 Å². The number of H-pyrrole nitrogens is 1. The SMILES string of the molecule is Cc1ccc2nc(C3CCCCN3COC(C)(C)C)[nH]c2c1. The van der Waals surface area contributed by atoms with E-state index in [0.717, 1.165) is 29.8 Å². The highest BCUT2D eigenvalue weighted by Crippen LogP contribution is 2.31. The molecule has 1 aromatic heterocycles. The minimum Gasteiger partial charge on any atom is -0.360 e. The van der Waals surface area contributed by atoms with Gasteiger partial charge < -0.3 is 9.72 Å². The van der Waals surface area contributed by atoms with E-state index in [1.165, 1.54) is 18.4 Å². The Balaban J connectivity index is 1.82. The fraction of sp³-hybridized carbons (Fsp3) is 0.611. The van der Waals surface area contributed by atoms with Crippen LogP contribution in [0, 0.1) is 6.92 Å². The predicted molar refractivity (Wildman–Crippen MR) is 89.8 cm³/mol. The molecule has 0 bridgehead atoms. The number of imidazole rings is 1. The summed E-state index contributed by atoms with van der Waals surface area (Å²) in [5.41, 5.74) is 3.35. The van der Waals surface area contributed by atoms with E-state index in [2.05, 4.69) is 55.8 Å². The maximum absolute atomic E-state index is 6.00. The summed E-state index contributed by atoms with van der Waals surface area (Å²) in [5.74, 6) is 1.08. The molecule has 1 saturated heterocycles. The maximum atomic E-state index is 6.00.